The smallest absolute Gasteiger partial charge is 0.169 e. The molecular formula is C18H14N4O. The van der Waals surface area contributed by atoms with Crippen LogP contribution in [-0.2, 0) is 11.2 Å². The zero-order valence-corrected chi connectivity index (χ0v) is 12.6. The van der Waals surface area contributed by atoms with E-state index in [1.165, 1.54) is 6.92 Å². The van der Waals surface area contributed by atoms with Crippen LogP contribution in [0.1, 0.15) is 12.5 Å². The van der Waals surface area contributed by atoms with Gasteiger partial charge in [-0.1, -0.05) is 12.1 Å². The van der Waals surface area contributed by atoms with Crippen molar-refractivity contribution >= 4 is 16.8 Å². The van der Waals surface area contributed by atoms with Crippen LogP contribution < -0.4 is 0 Å². The van der Waals surface area contributed by atoms with Gasteiger partial charge in [0, 0.05) is 29.5 Å². The first-order valence-electron chi connectivity index (χ1n) is 7.17. The van der Waals surface area contributed by atoms with Crippen LogP contribution in [-0.4, -0.2) is 20.7 Å². The number of hydrogen-bond donors (Lipinski definition) is 1. The molecule has 0 fully saturated rings. The molecule has 0 saturated carbocycles. The van der Waals surface area contributed by atoms with E-state index in [1.54, 1.807) is 18.5 Å². The maximum atomic E-state index is 11.3. The highest BCUT2D eigenvalue weighted by Gasteiger charge is 2.08. The molecule has 5 heteroatoms. The van der Waals surface area contributed by atoms with E-state index in [0.717, 1.165) is 27.9 Å². The van der Waals surface area contributed by atoms with Crippen molar-refractivity contribution in [3.05, 3.63) is 60.1 Å². The highest BCUT2D eigenvalue weighted by molar-refractivity contribution is 5.97. The molecule has 23 heavy (non-hydrogen) atoms. The fourth-order valence-electron chi connectivity index (χ4n) is 2.38. The van der Waals surface area contributed by atoms with E-state index in [-0.39, 0.29) is 11.4 Å². The van der Waals surface area contributed by atoms with Crippen LogP contribution >= 0.6 is 0 Å². The fraction of sp³-hybridized carbons (Fsp3) is 0.111. The van der Waals surface area contributed by atoms with E-state index >= 15 is 0 Å². The second-order valence-electron chi connectivity index (χ2n) is 5.14. The van der Waals surface area contributed by atoms with Crippen molar-refractivity contribution in [2.45, 2.75) is 13.3 Å². The van der Waals surface area contributed by atoms with E-state index in [1.807, 2.05) is 36.5 Å². The second-order valence-corrected chi connectivity index (χ2v) is 5.14. The van der Waals surface area contributed by atoms with Crippen LogP contribution in [0.4, 0.5) is 0 Å². The molecule has 1 N–H and O–H groups in total. The maximum absolute atomic E-state index is 11.3. The molecule has 112 valence electrons. The minimum absolute atomic E-state index is 0.174. The van der Waals surface area contributed by atoms with Gasteiger partial charge in [-0.05, 0) is 37.1 Å². The highest BCUT2D eigenvalue weighted by atomic mass is 16.1. The Balaban J connectivity index is 2.00. The summed E-state index contributed by atoms with van der Waals surface area (Å²) in [6, 6.07) is 9.67. The number of pyridine rings is 2. The molecule has 0 unspecified atom stereocenters. The van der Waals surface area contributed by atoms with Gasteiger partial charge in [0.05, 0.1) is 11.3 Å². The number of nitrogens with one attached hydrogen (secondary N) is 1. The summed E-state index contributed by atoms with van der Waals surface area (Å²) < 4.78 is 0. The number of nitrogens with zero attached hydrogens (tertiary/aromatic N) is 3. The fourth-order valence-corrected chi connectivity index (χ4v) is 2.38. The molecule has 0 aromatic carbocycles. The Hall–Kier alpha value is -3.26. The summed E-state index contributed by atoms with van der Waals surface area (Å²) in [5, 5.41) is 9.93. The molecule has 3 heterocycles. The summed E-state index contributed by atoms with van der Waals surface area (Å²) in [6.07, 6.45) is 7.52. The molecule has 0 aliphatic heterocycles. The lowest BCUT2D eigenvalue weighted by Gasteiger charge is -2.01. The SMILES string of the molecule is CC(=O)/C(C#N)=C/Cc1c[nH]c2ncc(-c3ccccn3)cc12. The minimum Gasteiger partial charge on any atom is -0.346 e. The quantitative estimate of drug-likeness (QED) is 0.592. The van der Waals surface area contributed by atoms with Gasteiger partial charge in [-0.25, -0.2) is 4.98 Å². The Morgan fingerprint density at radius 1 is 1.39 bits per heavy atom. The van der Waals surface area contributed by atoms with E-state index in [0.29, 0.717) is 6.42 Å². The van der Waals surface area contributed by atoms with Crippen LogP contribution in [0.2, 0.25) is 0 Å². The third kappa shape index (κ3) is 3.01. The van der Waals surface area contributed by atoms with Gasteiger partial charge in [-0.15, -0.1) is 0 Å². The molecule has 0 spiro atoms. The highest BCUT2D eigenvalue weighted by Crippen LogP contribution is 2.24. The predicted octanol–water partition coefficient (Wildman–Crippen LogP) is 3.21. The topological polar surface area (TPSA) is 82.4 Å². The molecule has 0 aliphatic rings. The van der Waals surface area contributed by atoms with E-state index < -0.39 is 0 Å². The van der Waals surface area contributed by atoms with Gasteiger partial charge in [0.1, 0.15) is 11.7 Å². The molecular weight excluding hydrogens is 288 g/mol. The number of rotatable bonds is 4. The lowest BCUT2D eigenvalue weighted by Crippen LogP contribution is -1.94. The molecule has 0 radical (unpaired) electrons. The zero-order chi connectivity index (χ0) is 16.2. The Bertz CT molecular complexity index is 933. The molecule has 3 aromatic heterocycles. The summed E-state index contributed by atoms with van der Waals surface area (Å²) >= 11 is 0. The number of carbonyl (C=O) groups excluding carboxylic acids is 1. The van der Waals surface area contributed by atoms with Gasteiger partial charge in [0.15, 0.2) is 5.78 Å². The number of allylic oxidation sites excluding steroid dienone is 2. The lowest BCUT2D eigenvalue weighted by atomic mass is 10.1. The van der Waals surface area contributed by atoms with Gasteiger partial charge in [-0.3, -0.25) is 9.78 Å². The molecule has 0 amide bonds. The zero-order valence-electron chi connectivity index (χ0n) is 12.6. The van der Waals surface area contributed by atoms with Crippen molar-refractivity contribution in [2.75, 3.05) is 0 Å². The second kappa shape index (κ2) is 6.24. The minimum atomic E-state index is -0.223. The van der Waals surface area contributed by atoms with E-state index in [4.69, 9.17) is 5.26 Å². The summed E-state index contributed by atoms with van der Waals surface area (Å²) in [4.78, 5) is 23.2. The van der Waals surface area contributed by atoms with Crippen molar-refractivity contribution in [1.82, 2.24) is 15.0 Å². The summed E-state index contributed by atoms with van der Waals surface area (Å²) in [5.41, 5.74) is 3.71. The first-order chi connectivity index (χ1) is 11.2. The number of aromatic nitrogens is 3. The third-order valence-electron chi connectivity index (χ3n) is 3.60. The molecule has 5 nitrogen and oxygen atoms in total. The Labute approximate surface area is 133 Å². The number of nitriles is 1. The first kappa shape index (κ1) is 14.7. The van der Waals surface area contributed by atoms with Crippen molar-refractivity contribution in [3.8, 4) is 17.3 Å². The number of Topliss-reactive ketones (excluding diaryl/α,β-unsaturated/α-hetero) is 1. The number of ketones is 1. The first-order valence-corrected chi connectivity index (χ1v) is 7.17. The average Bonchev–Trinajstić information content (AvgIpc) is 2.98. The summed E-state index contributed by atoms with van der Waals surface area (Å²) in [7, 11) is 0. The third-order valence-corrected chi connectivity index (χ3v) is 3.60. The van der Waals surface area contributed by atoms with Crippen LogP contribution in [0, 0.1) is 11.3 Å². The lowest BCUT2D eigenvalue weighted by molar-refractivity contribution is -0.113. The van der Waals surface area contributed by atoms with Crippen LogP contribution in [0.3, 0.4) is 0 Å². The van der Waals surface area contributed by atoms with E-state index in [2.05, 4.69) is 15.0 Å². The van der Waals surface area contributed by atoms with Crippen molar-refractivity contribution < 1.29 is 4.79 Å². The molecule has 0 aliphatic carbocycles. The number of fused-ring (bicyclic) bond motifs is 1. The summed E-state index contributed by atoms with van der Waals surface area (Å²) in [5.74, 6) is -0.223. The van der Waals surface area contributed by atoms with Crippen LogP contribution in [0.15, 0.2) is 54.5 Å². The number of aromatic amines is 1. The number of hydrogen-bond acceptors (Lipinski definition) is 4. The monoisotopic (exact) mass is 302 g/mol. The largest absolute Gasteiger partial charge is 0.346 e. The van der Waals surface area contributed by atoms with Crippen LogP contribution in [0.5, 0.6) is 0 Å². The maximum Gasteiger partial charge on any atom is 0.169 e. The molecule has 3 rings (SSSR count). The van der Waals surface area contributed by atoms with E-state index in [9.17, 15) is 4.79 Å². The average molecular weight is 302 g/mol. The van der Waals surface area contributed by atoms with Crippen molar-refractivity contribution in [2.24, 2.45) is 0 Å². The molecule has 0 saturated heterocycles. The molecule has 0 atom stereocenters. The Kier molecular flexibility index (Phi) is 3.98. The van der Waals surface area contributed by atoms with Gasteiger partial charge < -0.3 is 4.98 Å². The standard InChI is InChI=1S/C18H14N4O/c1-12(23)13(9-19)5-6-14-10-21-18-16(14)8-15(11-22-18)17-4-2-3-7-20-17/h2-5,7-8,10-11H,6H2,1H3,(H,21,22)/b13-5+. The van der Waals surface area contributed by atoms with Gasteiger partial charge in [-0.2, -0.15) is 5.26 Å². The normalized spacial score (nSPS) is 11.4. The number of H-pyrrole nitrogens is 1. The Morgan fingerprint density at radius 2 is 2.26 bits per heavy atom. The Morgan fingerprint density at radius 3 is 2.96 bits per heavy atom. The van der Waals surface area contributed by atoms with Crippen LogP contribution in [0.25, 0.3) is 22.3 Å². The van der Waals surface area contributed by atoms with Crippen molar-refractivity contribution in [3.63, 3.8) is 0 Å². The van der Waals surface area contributed by atoms with Gasteiger partial charge in [0.2, 0.25) is 0 Å². The summed E-state index contributed by atoms with van der Waals surface area (Å²) in [6.45, 7) is 1.39. The van der Waals surface area contributed by atoms with Gasteiger partial charge in [0.25, 0.3) is 0 Å². The van der Waals surface area contributed by atoms with Gasteiger partial charge >= 0.3 is 0 Å². The predicted molar refractivity (Wildman–Crippen MR) is 87.4 cm³/mol. The number of carbonyl (C=O) groups is 1. The molecule has 0 bridgehead atoms. The molecule has 3 aromatic rings. The van der Waals surface area contributed by atoms with Crippen molar-refractivity contribution in [1.29, 1.82) is 5.26 Å².